The number of hydrogen-bond acceptors (Lipinski definition) is 4. The summed E-state index contributed by atoms with van der Waals surface area (Å²) in [6.45, 7) is 1.44. The molecule has 0 aromatic carbocycles. The van der Waals surface area contributed by atoms with Gasteiger partial charge in [0, 0.05) is 0 Å². The van der Waals surface area contributed by atoms with E-state index in [0.29, 0.717) is 5.92 Å². The fourth-order valence-corrected chi connectivity index (χ4v) is 2.33. The molecule has 0 heterocycles. The van der Waals surface area contributed by atoms with Gasteiger partial charge in [-0.15, -0.1) is 0 Å². The van der Waals surface area contributed by atoms with E-state index in [1.54, 1.807) is 6.82 Å². The third-order valence-electron chi connectivity index (χ3n) is 2.18. The molecule has 0 amide bonds. The van der Waals surface area contributed by atoms with Gasteiger partial charge < -0.3 is 5.02 Å². The van der Waals surface area contributed by atoms with E-state index in [1.165, 1.54) is 0 Å². The average molecular weight is 206 g/mol. The predicted octanol–water partition coefficient (Wildman–Crippen LogP) is 0.355. The monoisotopic (exact) mass is 206 g/mol. The Morgan fingerprint density at radius 2 is 2.08 bits per heavy atom. The summed E-state index contributed by atoms with van der Waals surface area (Å²) in [7, 11) is -3.30. The number of rotatable bonds is 4. The first kappa shape index (κ1) is 11.0. The molecule has 76 valence electrons. The van der Waals surface area contributed by atoms with Crippen molar-refractivity contribution in [2.24, 2.45) is 5.92 Å². The first-order valence-corrected chi connectivity index (χ1v) is 6.25. The van der Waals surface area contributed by atoms with Crippen molar-refractivity contribution in [3.05, 3.63) is 0 Å². The lowest BCUT2D eigenvalue weighted by molar-refractivity contribution is 0.0798. The van der Waals surface area contributed by atoms with E-state index in [1.807, 2.05) is 0 Å². The maximum absolute atomic E-state index is 10.7. The van der Waals surface area contributed by atoms with Crippen LogP contribution in [0.4, 0.5) is 0 Å². The average Bonchev–Trinajstić information content (AvgIpc) is 1.78. The second kappa shape index (κ2) is 3.98. The lowest BCUT2D eigenvalue weighted by Crippen LogP contribution is -2.34. The molecule has 0 aliphatic heterocycles. The summed E-state index contributed by atoms with van der Waals surface area (Å²) in [4.78, 5) is 0. The molecule has 0 aromatic rings. The molecular formula is C7H15BO4S. The molecule has 1 fully saturated rings. The molecule has 0 aromatic heterocycles. The minimum Gasteiger partial charge on any atom is -0.451 e. The summed E-state index contributed by atoms with van der Waals surface area (Å²) >= 11 is 0. The zero-order valence-electron chi connectivity index (χ0n) is 7.93. The maximum atomic E-state index is 10.7. The van der Waals surface area contributed by atoms with Crippen molar-refractivity contribution in [2.45, 2.75) is 32.1 Å². The molecule has 0 atom stereocenters. The third kappa shape index (κ3) is 4.11. The van der Waals surface area contributed by atoms with E-state index < -0.39 is 10.1 Å². The largest absolute Gasteiger partial charge is 0.451 e. The highest BCUT2D eigenvalue weighted by atomic mass is 32.2. The Bertz CT molecular complexity index is 256. The van der Waals surface area contributed by atoms with E-state index in [9.17, 15) is 8.42 Å². The zero-order chi connectivity index (χ0) is 10.1. The predicted molar refractivity (Wildman–Crippen MR) is 51.1 cm³/mol. The summed E-state index contributed by atoms with van der Waals surface area (Å²) in [5.41, 5.74) is 0. The Kier molecular flexibility index (Phi) is 3.37. The minimum atomic E-state index is -3.30. The van der Waals surface area contributed by atoms with Crippen molar-refractivity contribution in [2.75, 3.05) is 6.26 Å². The SMILES string of the molecule is CB(O)CC1CC(OS(C)(=O)=O)C1. The Labute approximate surface area is 79.5 Å². The molecule has 1 N–H and O–H groups in total. The second-order valence-corrected chi connectivity index (χ2v) is 5.45. The van der Waals surface area contributed by atoms with E-state index in [2.05, 4.69) is 0 Å². The van der Waals surface area contributed by atoms with Crippen LogP contribution in [0.2, 0.25) is 13.1 Å². The van der Waals surface area contributed by atoms with Crippen molar-refractivity contribution in [3.8, 4) is 0 Å². The summed E-state index contributed by atoms with van der Waals surface area (Å²) < 4.78 is 26.2. The fraction of sp³-hybridized carbons (Fsp3) is 1.00. The quantitative estimate of drug-likeness (QED) is 0.532. The molecule has 1 saturated carbocycles. The molecule has 1 aliphatic carbocycles. The van der Waals surface area contributed by atoms with Crippen LogP contribution in [0.15, 0.2) is 0 Å². The molecule has 1 aliphatic rings. The summed E-state index contributed by atoms with van der Waals surface area (Å²) in [5.74, 6) is 0.423. The van der Waals surface area contributed by atoms with Gasteiger partial charge in [-0.2, -0.15) is 8.42 Å². The van der Waals surface area contributed by atoms with Crippen LogP contribution >= 0.6 is 0 Å². The molecule has 0 unspecified atom stereocenters. The van der Waals surface area contributed by atoms with Crippen LogP contribution in [0.3, 0.4) is 0 Å². The molecule has 4 nitrogen and oxygen atoms in total. The van der Waals surface area contributed by atoms with Crippen molar-refractivity contribution < 1.29 is 17.6 Å². The summed E-state index contributed by atoms with van der Waals surface area (Å²) in [6, 6.07) is 0. The van der Waals surface area contributed by atoms with E-state index >= 15 is 0 Å². The molecular weight excluding hydrogens is 191 g/mol. The van der Waals surface area contributed by atoms with Crippen LogP contribution in [0, 0.1) is 5.92 Å². The molecule has 0 bridgehead atoms. The van der Waals surface area contributed by atoms with Crippen LogP contribution in [0.5, 0.6) is 0 Å². The van der Waals surface area contributed by atoms with Gasteiger partial charge in [-0.05, 0) is 25.1 Å². The van der Waals surface area contributed by atoms with Gasteiger partial charge >= 0.3 is 0 Å². The molecule has 0 radical (unpaired) electrons. The van der Waals surface area contributed by atoms with Gasteiger partial charge in [-0.3, -0.25) is 4.18 Å². The van der Waals surface area contributed by atoms with Crippen LogP contribution in [0.25, 0.3) is 0 Å². The Balaban J connectivity index is 2.19. The van der Waals surface area contributed by atoms with Gasteiger partial charge in [0.25, 0.3) is 17.0 Å². The lowest BCUT2D eigenvalue weighted by atomic mass is 9.59. The second-order valence-electron chi connectivity index (χ2n) is 3.84. The van der Waals surface area contributed by atoms with Gasteiger partial charge in [0.1, 0.15) is 0 Å². The van der Waals surface area contributed by atoms with Crippen molar-refractivity contribution >= 4 is 17.0 Å². The van der Waals surface area contributed by atoms with Gasteiger partial charge in [-0.1, -0.05) is 6.82 Å². The topological polar surface area (TPSA) is 63.6 Å². The molecule has 0 spiro atoms. The first-order valence-electron chi connectivity index (χ1n) is 4.43. The standard InChI is InChI=1S/C7H15BO4S/c1-8(9)5-6-3-7(4-6)12-13(2,10)11/h6-7,9H,3-5H2,1-2H3. The smallest absolute Gasteiger partial charge is 0.286 e. The molecule has 6 heteroatoms. The van der Waals surface area contributed by atoms with E-state index in [4.69, 9.17) is 9.21 Å². The molecule has 0 saturated heterocycles. The van der Waals surface area contributed by atoms with Crippen LogP contribution in [-0.4, -0.2) is 32.7 Å². The van der Waals surface area contributed by atoms with Crippen LogP contribution in [0.1, 0.15) is 12.8 Å². The highest BCUT2D eigenvalue weighted by Gasteiger charge is 2.33. The lowest BCUT2D eigenvalue weighted by Gasteiger charge is -2.34. The zero-order valence-corrected chi connectivity index (χ0v) is 8.75. The molecule has 1 rings (SSSR count). The van der Waals surface area contributed by atoms with Gasteiger partial charge in [0.15, 0.2) is 0 Å². The highest BCUT2D eigenvalue weighted by molar-refractivity contribution is 7.86. The highest BCUT2D eigenvalue weighted by Crippen LogP contribution is 2.34. The normalized spacial score (nSPS) is 28.2. The minimum absolute atomic E-state index is 0.154. The first-order chi connectivity index (χ1) is 5.87. The van der Waals surface area contributed by atoms with Crippen molar-refractivity contribution in [1.82, 2.24) is 0 Å². The fourth-order valence-electron chi connectivity index (χ4n) is 1.68. The van der Waals surface area contributed by atoms with Crippen molar-refractivity contribution in [1.29, 1.82) is 0 Å². The Morgan fingerprint density at radius 1 is 1.54 bits per heavy atom. The Morgan fingerprint density at radius 3 is 2.46 bits per heavy atom. The van der Waals surface area contributed by atoms with Gasteiger partial charge in [0.05, 0.1) is 12.4 Å². The van der Waals surface area contributed by atoms with Crippen LogP contribution < -0.4 is 0 Å². The molecule has 13 heavy (non-hydrogen) atoms. The maximum Gasteiger partial charge on any atom is 0.286 e. The van der Waals surface area contributed by atoms with Gasteiger partial charge in [-0.25, -0.2) is 0 Å². The van der Waals surface area contributed by atoms with Crippen molar-refractivity contribution in [3.63, 3.8) is 0 Å². The Hall–Kier alpha value is -0.0651. The van der Waals surface area contributed by atoms with E-state index in [-0.39, 0.29) is 13.0 Å². The van der Waals surface area contributed by atoms with Gasteiger partial charge in [0.2, 0.25) is 0 Å². The summed E-state index contributed by atoms with van der Waals surface area (Å²) in [5, 5.41) is 9.05. The third-order valence-corrected chi connectivity index (χ3v) is 2.80. The van der Waals surface area contributed by atoms with E-state index in [0.717, 1.165) is 25.4 Å². The number of hydrogen-bond donors (Lipinski definition) is 1. The summed E-state index contributed by atoms with van der Waals surface area (Å²) in [6.07, 6.45) is 3.15. The van der Waals surface area contributed by atoms with Crippen LogP contribution in [-0.2, 0) is 14.3 Å².